The van der Waals surface area contributed by atoms with E-state index >= 15 is 0 Å². The maximum Gasteiger partial charge on any atom is 0.315 e. The highest BCUT2D eigenvalue weighted by atomic mass is 16.4. The van der Waals surface area contributed by atoms with E-state index in [9.17, 15) is 9.90 Å². The third-order valence-electron chi connectivity index (χ3n) is 7.83. The van der Waals surface area contributed by atoms with E-state index in [4.69, 9.17) is 0 Å². The fourth-order valence-corrected chi connectivity index (χ4v) is 6.06. The van der Waals surface area contributed by atoms with Crippen molar-refractivity contribution in [3.63, 3.8) is 0 Å². The van der Waals surface area contributed by atoms with Gasteiger partial charge in [0.1, 0.15) is 11.4 Å². The average molecular weight is 545 g/mol. The predicted octanol–water partition coefficient (Wildman–Crippen LogP) is 8.21. The molecule has 0 amide bonds. The van der Waals surface area contributed by atoms with E-state index in [0.717, 1.165) is 45.0 Å². The summed E-state index contributed by atoms with van der Waals surface area (Å²) in [5, 5.41) is 13.6. The topological polar surface area (TPSA) is 48.9 Å². The molecule has 2 aromatic carbocycles. The van der Waals surface area contributed by atoms with Crippen molar-refractivity contribution in [2.24, 2.45) is 0 Å². The van der Waals surface area contributed by atoms with Gasteiger partial charge < -0.3 is 9.90 Å². The SMILES string of the molecule is CC(C)c1cccc(C(C)C)c1-n1c(C(C)(C)C)c(C(C)(C)C)[n+](-c2c(C(C)C)cccc2C(C)C)c1C(=O)[O-]. The molecule has 4 nitrogen and oxygen atoms in total. The Labute approximate surface area is 243 Å². The first-order chi connectivity index (χ1) is 18.3. The van der Waals surface area contributed by atoms with Gasteiger partial charge in [-0.2, -0.15) is 9.13 Å². The second-order valence-corrected chi connectivity index (χ2v) is 14.7. The van der Waals surface area contributed by atoms with Crippen LogP contribution in [0.3, 0.4) is 0 Å². The number of hydrogen-bond acceptors (Lipinski definition) is 2. The summed E-state index contributed by atoms with van der Waals surface area (Å²) in [5.41, 5.74) is 7.84. The molecule has 0 aliphatic heterocycles. The Bertz CT molecular complexity index is 1240. The van der Waals surface area contributed by atoms with Crippen LogP contribution in [0.1, 0.15) is 165 Å². The van der Waals surface area contributed by atoms with Crippen LogP contribution in [0, 0.1) is 0 Å². The van der Waals surface area contributed by atoms with Gasteiger partial charge in [0.25, 0.3) is 0 Å². The Morgan fingerprint density at radius 2 is 1.05 bits per heavy atom. The number of aromatic carboxylic acids is 1. The van der Waals surface area contributed by atoms with E-state index in [-0.39, 0.29) is 40.3 Å². The average Bonchev–Trinajstić information content (AvgIpc) is 3.19. The van der Waals surface area contributed by atoms with Gasteiger partial charge in [-0.1, -0.05) is 133 Å². The zero-order valence-electron chi connectivity index (χ0n) is 27.5. The number of carboxylic acids is 1. The molecule has 1 heterocycles. The van der Waals surface area contributed by atoms with Gasteiger partial charge >= 0.3 is 5.82 Å². The van der Waals surface area contributed by atoms with E-state index in [1.807, 2.05) is 0 Å². The van der Waals surface area contributed by atoms with Gasteiger partial charge in [0.2, 0.25) is 0 Å². The molecule has 0 aliphatic carbocycles. The molecule has 0 saturated heterocycles. The normalized spacial score (nSPS) is 12.8. The minimum atomic E-state index is -1.16. The van der Waals surface area contributed by atoms with Gasteiger partial charge in [0.05, 0.1) is 0 Å². The van der Waals surface area contributed by atoms with Crippen molar-refractivity contribution in [2.45, 2.75) is 131 Å². The van der Waals surface area contributed by atoms with Crippen molar-refractivity contribution in [2.75, 3.05) is 0 Å². The standard InChI is InChI=1S/C36H52N2O2/c1-21(2)25-17-15-18-26(22(3)4)29(25)37-31(35(9,10)11)32(36(12,13)14)38(33(37)34(39)40)30-27(23(5)6)19-16-20-28(30)24(7)8/h15-24H,1-14H3. The Morgan fingerprint density at radius 1 is 0.675 bits per heavy atom. The molecule has 0 bridgehead atoms. The van der Waals surface area contributed by atoms with Gasteiger partial charge in [-0.15, -0.1) is 0 Å². The van der Waals surface area contributed by atoms with E-state index in [2.05, 4.69) is 142 Å². The highest BCUT2D eigenvalue weighted by molar-refractivity contribution is 5.82. The molecule has 40 heavy (non-hydrogen) atoms. The molecule has 218 valence electrons. The Hall–Kier alpha value is -2.88. The molecule has 0 N–H and O–H groups in total. The first-order valence-corrected chi connectivity index (χ1v) is 15.0. The zero-order valence-corrected chi connectivity index (χ0v) is 27.5. The summed E-state index contributed by atoms with van der Waals surface area (Å²) in [6.45, 7) is 30.7. The number of carbonyl (C=O) groups is 1. The van der Waals surface area contributed by atoms with Crippen molar-refractivity contribution in [1.82, 2.24) is 4.57 Å². The molecule has 0 fully saturated rings. The second-order valence-electron chi connectivity index (χ2n) is 14.7. The van der Waals surface area contributed by atoms with Crippen molar-refractivity contribution in [3.05, 3.63) is 75.9 Å². The van der Waals surface area contributed by atoms with Crippen molar-refractivity contribution >= 4 is 5.97 Å². The van der Waals surface area contributed by atoms with Gasteiger partial charge in [0.15, 0.2) is 17.4 Å². The molecule has 4 heteroatoms. The fraction of sp³-hybridized carbons (Fsp3) is 0.556. The summed E-state index contributed by atoms with van der Waals surface area (Å²) < 4.78 is 4.14. The van der Waals surface area contributed by atoms with Crippen LogP contribution in [0.2, 0.25) is 0 Å². The van der Waals surface area contributed by atoms with Crippen LogP contribution in [0.4, 0.5) is 0 Å². The smallest absolute Gasteiger partial charge is 0.315 e. The van der Waals surface area contributed by atoms with Crippen LogP contribution in [-0.2, 0) is 10.8 Å². The van der Waals surface area contributed by atoms with E-state index in [1.165, 1.54) is 0 Å². The van der Waals surface area contributed by atoms with Crippen LogP contribution in [0.25, 0.3) is 11.4 Å². The second kappa shape index (κ2) is 11.2. The molecule has 1 aromatic heterocycles. The maximum absolute atomic E-state index is 13.6. The fourth-order valence-electron chi connectivity index (χ4n) is 6.06. The maximum atomic E-state index is 13.6. The number of carbonyl (C=O) groups excluding carboxylic acids is 1. The first-order valence-electron chi connectivity index (χ1n) is 15.0. The van der Waals surface area contributed by atoms with Crippen LogP contribution in [-0.4, -0.2) is 10.5 Å². The Kier molecular flexibility index (Phi) is 8.85. The number of para-hydroxylation sites is 2. The number of carboxylic acid groups (broad SMARTS) is 1. The molecule has 0 aliphatic rings. The monoisotopic (exact) mass is 544 g/mol. The lowest BCUT2D eigenvalue weighted by atomic mass is 9.80. The summed E-state index contributed by atoms with van der Waals surface area (Å²) in [6, 6.07) is 12.8. The summed E-state index contributed by atoms with van der Waals surface area (Å²) >= 11 is 0. The lowest BCUT2D eigenvalue weighted by Gasteiger charge is -2.26. The lowest BCUT2D eigenvalue weighted by Crippen LogP contribution is -2.49. The molecule has 3 aromatic rings. The number of rotatable bonds is 7. The molecule has 0 radical (unpaired) electrons. The van der Waals surface area contributed by atoms with Gasteiger partial charge in [0, 0.05) is 33.1 Å². The third kappa shape index (κ3) is 5.64. The first kappa shape index (κ1) is 31.6. The third-order valence-corrected chi connectivity index (χ3v) is 7.83. The summed E-state index contributed by atoms with van der Waals surface area (Å²) in [4.78, 5) is 13.6. The molecule has 0 atom stereocenters. The number of imidazole rings is 1. The highest BCUT2D eigenvalue weighted by Crippen LogP contribution is 2.41. The van der Waals surface area contributed by atoms with Gasteiger partial charge in [-0.05, 0) is 23.7 Å². The summed E-state index contributed by atoms with van der Waals surface area (Å²) in [7, 11) is 0. The van der Waals surface area contributed by atoms with Gasteiger partial charge in [-0.3, -0.25) is 0 Å². The van der Waals surface area contributed by atoms with Crippen molar-refractivity contribution in [1.29, 1.82) is 0 Å². The number of hydrogen-bond donors (Lipinski definition) is 0. The number of benzene rings is 2. The van der Waals surface area contributed by atoms with Crippen LogP contribution in [0.15, 0.2) is 36.4 Å². The number of aromatic nitrogens is 2. The molecule has 0 spiro atoms. The van der Waals surface area contributed by atoms with E-state index in [0.29, 0.717) is 0 Å². The molecule has 0 unspecified atom stereocenters. The van der Waals surface area contributed by atoms with Crippen molar-refractivity contribution < 1.29 is 14.5 Å². The van der Waals surface area contributed by atoms with Crippen LogP contribution in [0.5, 0.6) is 0 Å². The predicted molar refractivity (Wildman–Crippen MR) is 165 cm³/mol. The highest BCUT2D eigenvalue weighted by Gasteiger charge is 2.46. The molecular formula is C36H52N2O2. The van der Waals surface area contributed by atoms with Crippen LogP contribution >= 0.6 is 0 Å². The summed E-state index contributed by atoms with van der Waals surface area (Å²) in [5.74, 6) is -0.140. The molecular weight excluding hydrogens is 492 g/mol. The van der Waals surface area contributed by atoms with E-state index in [1.54, 1.807) is 0 Å². The number of nitrogens with zero attached hydrogens (tertiary/aromatic N) is 2. The lowest BCUT2D eigenvalue weighted by molar-refractivity contribution is -0.614. The molecule has 3 rings (SSSR count). The largest absolute Gasteiger partial charge is 0.538 e. The summed E-state index contributed by atoms with van der Waals surface area (Å²) in [6.07, 6.45) is 0. The minimum absolute atomic E-state index is 0.194. The molecule has 0 saturated carbocycles. The van der Waals surface area contributed by atoms with E-state index < -0.39 is 5.97 Å². The quantitative estimate of drug-likeness (QED) is 0.281. The van der Waals surface area contributed by atoms with Crippen LogP contribution < -0.4 is 9.67 Å². The minimum Gasteiger partial charge on any atom is -0.538 e. The van der Waals surface area contributed by atoms with Crippen molar-refractivity contribution in [3.8, 4) is 11.4 Å². The zero-order chi connectivity index (χ0) is 30.5. The van der Waals surface area contributed by atoms with Gasteiger partial charge in [-0.25, -0.2) is 0 Å². The Balaban J connectivity index is 2.87. The Morgan fingerprint density at radius 3 is 1.35 bits per heavy atom.